The van der Waals surface area contributed by atoms with E-state index < -0.39 is 23.4 Å². The molecule has 3 nitrogen and oxygen atoms in total. The smallest absolute Gasteiger partial charge is 0.418 e. The van der Waals surface area contributed by atoms with Gasteiger partial charge in [0.25, 0.3) is 0 Å². The molecule has 0 aliphatic rings. The molecule has 1 rings (SSSR count). The van der Waals surface area contributed by atoms with Crippen molar-refractivity contribution < 1.29 is 22.7 Å². The third kappa shape index (κ3) is 2.51. The largest absolute Gasteiger partial charge is 0.461 e. The highest BCUT2D eigenvalue weighted by atomic mass is 19.4. The third-order valence-electron chi connectivity index (χ3n) is 1.74. The summed E-state index contributed by atoms with van der Waals surface area (Å²) in [5.74, 6) is -0.988. The van der Waals surface area contributed by atoms with Gasteiger partial charge in [-0.1, -0.05) is 0 Å². The van der Waals surface area contributed by atoms with Gasteiger partial charge in [0.2, 0.25) is 0 Å². The third-order valence-corrected chi connectivity index (χ3v) is 1.74. The molecule has 0 amide bonds. The molecule has 0 bridgehead atoms. The maximum atomic E-state index is 12.4. The van der Waals surface area contributed by atoms with Crippen molar-refractivity contribution in [2.45, 2.75) is 20.0 Å². The molecule has 0 unspecified atom stereocenters. The van der Waals surface area contributed by atoms with Gasteiger partial charge in [-0.3, -0.25) is 0 Å². The molecule has 0 aromatic carbocycles. The molecule has 84 valence electrons. The fourth-order valence-corrected chi connectivity index (χ4v) is 1.18. The van der Waals surface area contributed by atoms with E-state index in [0.717, 1.165) is 6.07 Å². The first-order valence-electron chi connectivity index (χ1n) is 4.30. The Hall–Kier alpha value is -1.46. The van der Waals surface area contributed by atoms with Crippen molar-refractivity contribution in [3.8, 4) is 0 Å². The minimum atomic E-state index is -4.55. The highest BCUT2D eigenvalue weighted by Gasteiger charge is 2.37. The average molecular weight is 221 g/mol. The Kier molecular flexibility index (Phi) is 3.06. The molecule has 1 heterocycles. The van der Waals surface area contributed by atoms with E-state index in [2.05, 4.69) is 9.72 Å². The number of hydrogen-bond donors (Lipinski definition) is 1. The topological polar surface area (TPSA) is 42.1 Å². The quantitative estimate of drug-likeness (QED) is 0.779. The van der Waals surface area contributed by atoms with E-state index in [9.17, 15) is 18.0 Å². The summed E-state index contributed by atoms with van der Waals surface area (Å²) in [6, 6.07) is 0.881. The van der Waals surface area contributed by atoms with Gasteiger partial charge in [-0.2, -0.15) is 13.2 Å². The zero-order valence-corrected chi connectivity index (χ0v) is 8.23. The van der Waals surface area contributed by atoms with Gasteiger partial charge in [0.05, 0.1) is 12.2 Å². The van der Waals surface area contributed by atoms with Crippen molar-refractivity contribution in [1.29, 1.82) is 0 Å². The maximum absolute atomic E-state index is 12.4. The fraction of sp³-hybridized carbons (Fsp3) is 0.444. The number of carbonyl (C=O) groups excluding carboxylic acids is 1. The number of H-pyrrole nitrogens is 1. The lowest BCUT2D eigenvalue weighted by Gasteiger charge is -2.06. The molecule has 0 radical (unpaired) electrons. The van der Waals surface area contributed by atoms with Crippen LogP contribution in [0.15, 0.2) is 6.07 Å². The van der Waals surface area contributed by atoms with Gasteiger partial charge in [0, 0.05) is 5.69 Å². The summed E-state index contributed by atoms with van der Waals surface area (Å²) in [6.07, 6.45) is -4.55. The van der Waals surface area contributed by atoms with Crippen LogP contribution in [0.4, 0.5) is 13.2 Å². The van der Waals surface area contributed by atoms with Crippen LogP contribution in [0.3, 0.4) is 0 Å². The van der Waals surface area contributed by atoms with Gasteiger partial charge in [-0.05, 0) is 19.9 Å². The van der Waals surface area contributed by atoms with Gasteiger partial charge in [-0.15, -0.1) is 0 Å². The predicted molar refractivity (Wildman–Crippen MR) is 46.5 cm³/mol. The Labute approximate surface area is 84.2 Å². The Bertz CT molecular complexity index is 368. The molecule has 0 spiro atoms. The summed E-state index contributed by atoms with van der Waals surface area (Å²) in [7, 11) is 0. The van der Waals surface area contributed by atoms with Crippen LogP contribution in [-0.2, 0) is 10.9 Å². The van der Waals surface area contributed by atoms with E-state index in [1.54, 1.807) is 0 Å². The van der Waals surface area contributed by atoms with Crippen molar-refractivity contribution in [2.24, 2.45) is 0 Å². The Morgan fingerprint density at radius 1 is 1.53 bits per heavy atom. The van der Waals surface area contributed by atoms with Crippen LogP contribution < -0.4 is 0 Å². The zero-order chi connectivity index (χ0) is 11.6. The number of rotatable bonds is 2. The van der Waals surface area contributed by atoms with Crippen LogP contribution in [0.1, 0.15) is 28.7 Å². The minimum Gasteiger partial charge on any atom is -0.461 e. The number of ether oxygens (including phenoxy) is 1. The number of aromatic nitrogens is 1. The van der Waals surface area contributed by atoms with Crippen molar-refractivity contribution in [3.63, 3.8) is 0 Å². The summed E-state index contributed by atoms with van der Waals surface area (Å²) in [6.45, 7) is 3.01. The number of aryl methyl sites for hydroxylation is 1. The van der Waals surface area contributed by atoms with E-state index in [1.165, 1.54) is 13.8 Å². The summed E-state index contributed by atoms with van der Waals surface area (Å²) in [4.78, 5) is 13.5. The van der Waals surface area contributed by atoms with Crippen LogP contribution in [0.2, 0.25) is 0 Å². The number of halogens is 3. The Balaban J connectivity index is 3.12. The van der Waals surface area contributed by atoms with E-state index in [0.29, 0.717) is 0 Å². The molecule has 0 saturated carbocycles. The van der Waals surface area contributed by atoms with Gasteiger partial charge in [0.15, 0.2) is 0 Å². The molecule has 15 heavy (non-hydrogen) atoms. The standard InChI is InChI=1S/C9H10F3NO2/c1-3-15-8(14)7-6(9(10,11)12)4-5(2)13-7/h4,13H,3H2,1-2H3. The van der Waals surface area contributed by atoms with Crippen LogP contribution in [0.25, 0.3) is 0 Å². The predicted octanol–water partition coefficient (Wildman–Crippen LogP) is 2.52. The lowest BCUT2D eigenvalue weighted by atomic mass is 10.2. The number of aromatic amines is 1. The molecular formula is C9H10F3NO2. The van der Waals surface area contributed by atoms with E-state index in [1.807, 2.05) is 0 Å². The van der Waals surface area contributed by atoms with Crippen molar-refractivity contribution >= 4 is 5.97 Å². The van der Waals surface area contributed by atoms with E-state index in [-0.39, 0.29) is 12.3 Å². The van der Waals surface area contributed by atoms with Crippen LogP contribution in [-0.4, -0.2) is 17.6 Å². The number of alkyl halides is 3. The second-order valence-electron chi connectivity index (χ2n) is 2.96. The van der Waals surface area contributed by atoms with Gasteiger partial charge in [-0.25, -0.2) is 4.79 Å². The summed E-state index contributed by atoms with van der Waals surface area (Å²) in [5, 5.41) is 0. The molecule has 0 aliphatic carbocycles. The van der Waals surface area contributed by atoms with E-state index in [4.69, 9.17) is 0 Å². The van der Waals surface area contributed by atoms with Crippen molar-refractivity contribution in [3.05, 3.63) is 23.0 Å². The van der Waals surface area contributed by atoms with Crippen molar-refractivity contribution in [1.82, 2.24) is 4.98 Å². The average Bonchev–Trinajstić information content (AvgIpc) is 2.47. The monoisotopic (exact) mass is 221 g/mol. The number of carbonyl (C=O) groups is 1. The van der Waals surface area contributed by atoms with Crippen LogP contribution >= 0.6 is 0 Å². The first-order chi connectivity index (χ1) is 6.86. The molecule has 1 aromatic heterocycles. The second-order valence-corrected chi connectivity index (χ2v) is 2.96. The first-order valence-corrected chi connectivity index (χ1v) is 4.30. The summed E-state index contributed by atoms with van der Waals surface area (Å²) in [5.41, 5.74) is -1.26. The highest BCUT2D eigenvalue weighted by molar-refractivity contribution is 5.89. The van der Waals surface area contributed by atoms with Gasteiger partial charge in [0.1, 0.15) is 5.69 Å². The molecule has 1 N–H and O–H groups in total. The SMILES string of the molecule is CCOC(=O)c1[nH]c(C)cc1C(F)(F)F. The molecule has 6 heteroatoms. The molecule has 0 fully saturated rings. The lowest BCUT2D eigenvalue weighted by molar-refractivity contribution is -0.138. The van der Waals surface area contributed by atoms with Crippen LogP contribution in [0, 0.1) is 6.92 Å². The normalized spacial score (nSPS) is 11.5. The first kappa shape index (κ1) is 11.6. The number of nitrogens with one attached hydrogen (secondary N) is 1. The summed E-state index contributed by atoms with van der Waals surface area (Å²) < 4.78 is 41.8. The number of esters is 1. The second kappa shape index (κ2) is 3.96. The van der Waals surface area contributed by atoms with Crippen molar-refractivity contribution in [2.75, 3.05) is 6.61 Å². The summed E-state index contributed by atoms with van der Waals surface area (Å²) >= 11 is 0. The fourth-order valence-electron chi connectivity index (χ4n) is 1.18. The molecule has 0 aliphatic heterocycles. The van der Waals surface area contributed by atoms with Gasteiger partial charge < -0.3 is 9.72 Å². The lowest BCUT2D eigenvalue weighted by Crippen LogP contribution is -2.13. The zero-order valence-electron chi connectivity index (χ0n) is 8.23. The molecule has 1 aromatic rings. The number of hydrogen-bond acceptors (Lipinski definition) is 2. The highest BCUT2D eigenvalue weighted by Crippen LogP contribution is 2.32. The van der Waals surface area contributed by atoms with E-state index >= 15 is 0 Å². The molecule has 0 saturated heterocycles. The Morgan fingerprint density at radius 2 is 2.13 bits per heavy atom. The maximum Gasteiger partial charge on any atom is 0.418 e. The Morgan fingerprint density at radius 3 is 2.60 bits per heavy atom. The minimum absolute atomic E-state index is 0.0359. The molecular weight excluding hydrogens is 211 g/mol. The van der Waals surface area contributed by atoms with Crippen LogP contribution in [0.5, 0.6) is 0 Å². The molecule has 0 atom stereocenters. The van der Waals surface area contributed by atoms with Gasteiger partial charge >= 0.3 is 12.1 Å².